The first-order valence-corrected chi connectivity index (χ1v) is 17.4. The maximum atomic E-state index is 13.0. The van der Waals surface area contributed by atoms with Gasteiger partial charge in [-0.2, -0.15) is 0 Å². The van der Waals surface area contributed by atoms with Gasteiger partial charge in [0.25, 0.3) is 5.91 Å². The van der Waals surface area contributed by atoms with Crippen LogP contribution in [0.25, 0.3) is 0 Å². The molecule has 3 atom stereocenters. The molecular formula is C41H52N2O8. The number of ketones is 1. The molecule has 3 unspecified atom stereocenters. The number of hydrogen-bond donors (Lipinski definition) is 2. The van der Waals surface area contributed by atoms with E-state index >= 15 is 0 Å². The van der Waals surface area contributed by atoms with Gasteiger partial charge in [-0.15, -0.1) is 0 Å². The van der Waals surface area contributed by atoms with E-state index < -0.39 is 47.9 Å². The van der Waals surface area contributed by atoms with E-state index in [-0.39, 0.29) is 18.1 Å². The van der Waals surface area contributed by atoms with Crippen molar-refractivity contribution in [3.05, 3.63) is 121 Å². The average molecular weight is 701 g/mol. The summed E-state index contributed by atoms with van der Waals surface area (Å²) in [5.41, 5.74) is -0.850. The highest BCUT2D eigenvalue weighted by Crippen LogP contribution is 2.34. The first-order valence-electron chi connectivity index (χ1n) is 17.4. The summed E-state index contributed by atoms with van der Waals surface area (Å²) in [4.78, 5) is 62.8. The third kappa shape index (κ3) is 15.9. The molecule has 1 aromatic rings. The second kappa shape index (κ2) is 24.0. The number of rotatable bonds is 22. The van der Waals surface area contributed by atoms with Crippen molar-refractivity contribution in [1.29, 1.82) is 0 Å². The lowest BCUT2D eigenvalue weighted by atomic mass is 9.92. The van der Waals surface area contributed by atoms with Gasteiger partial charge < -0.3 is 24.8 Å². The molecule has 274 valence electrons. The van der Waals surface area contributed by atoms with Crippen molar-refractivity contribution in [2.45, 2.75) is 89.9 Å². The molecule has 0 saturated carbocycles. The molecule has 0 radical (unpaired) electrons. The topological polar surface area (TPSA) is 137 Å². The van der Waals surface area contributed by atoms with Crippen LogP contribution in [-0.4, -0.2) is 55.3 Å². The summed E-state index contributed by atoms with van der Waals surface area (Å²) in [6.07, 6.45) is 31.5. The number of hydrogen-bond acceptors (Lipinski definition) is 8. The first-order chi connectivity index (χ1) is 24.6. The highest BCUT2D eigenvalue weighted by atomic mass is 16.6. The highest BCUT2D eigenvalue weighted by molar-refractivity contribution is 6.08. The Morgan fingerprint density at radius 3 is 1.88 bits per heavy atom. The summed E-state index contributed by atoms with van der Waals surface area (Å²) >= 11 is 0. The van der Waals surface area contributed by atoms with Crippen molar-refractivity contribution in [3.8, 4) is 0 Å². The van der Waals surface area contributed by atoms with Gasteiger partial charge in [-0.25, -0.2) is 4.79 Å². The smallest absolute Gasteiger partial charge is 0.332 e. The van der Waals surface area contributed by atoms with Gasteiger partial charge in [0.2, 0.25) is 11.7 Å². The van der Waals surface area contributed by atoms with Crippen molar-refractivity contribution in [1.82, 2.24) is 10.6 Å². The number of allylic oxidation sites excluding steroid dienone is 12. The second-order valence-corrected chi connectivity index (χ2v) is 11.8. The van der Waals surface area contributed by atoms with E-state index in [1.807, 2.05) is 12.2 Å². The molecule has 1 aromatic carbocycles. The van der Waals surface area contributed by atoms with Gasteiger partial charge in [0, 0.05) is 18.1 Å². The summed E-state index contributed by atoms with van der Waals surface area (Å²) in [5.74, 6) is -3.62. The molecule has 0 bridgehead atoms. The van der Waals surface area contributed by atoms with E-state index in [1.54, 1.807) is 37.3 Å². The fourth-order valence-electron chi connectivity index (χ4n) is 4.76. The normalized spacial score (nSPS) is 17.4. The van der Waals surface area contributed by atoms with Crippen molar-refractivity contribution < 1.29 is 38.2 Å². The lowest BCUT2D eigenvalue weighted by molar-refractivity contribution is -0.157. The molecule has 2 amide bonds. The minimum atomic E-state index is -1.41. The van der Waals surface area contributed by atoms with E-state index in [2.05, 4.69) is 78.3 Å². The highest BCUT2D eigenvalue weighted by Gasteiger charge is 2.44. The molecule has 10 nitrogen and oxygen atoms in total. The summed E-state index contributed by atoms with van der Waals surface area (Å²) in [6, 6.07) is 7.28. The molecule has 0 aliphatic carbocycles. The molecule has 0 spiro atoms. The van der Waals surface area contributed by atoms with Crippen LogP contribution in [-0.2, 0) is 43.8 Å². The van der Waals surface area contributed by atoms with Gasteiger partial charge in [0.05, 0.1) is 7.11 Å². The van der Waals surface area contributed by atoms with Crippen LogP contribution < -0.4 is 10.6 Å². The predicted molar refractivity (Wildman–Crippen MR) is 198 cm³/mol. The summed E-state index contributed by atoms with van der Waals surface area (Å²) in [7, 11) is 1.12. The maximum absolute atomic E-state index is 13.0. The van der Waals surface area contributed by atoms with E-state index in [1.165, 1.54) is 6.92 Å². The fraction of sp³-hybridized carbons (Fsp3) is 0.390. The summed E-state index contributed by atoms with van der Waals surface area (Å²) < 4.78 is 15.8. The Balaban J connectivity index is 1.65. The van der Waals surface area contributed by atoms with Crippen LogP contribution in [0, 0.1) is 0 Å². The monoisotopic (exact) mass is 700 g/mol. The van der Waals surface area contributed by atoms with E-state index in [0.29, 0.717) is 12.0 Å². The summed E-state index contributed by atoms with van der Waals surface area (Å²) in [5, 5.41) is 4.92. The number of nitrogens with one attached hydrogen (secondary N) is 2. The zero-order chi connectivity index (χ0) is 37.3. The number of benzene rings is 1. The molecular weight excluding hydrogens is 648 g/mol. The number of carbonyl (C=O) groups is 5. The molecule has 51 heavy (non-hydrogen) atoms. The largest absolute Gasteiger partial charge is 0.469 e. The minimum absolute atomic E-state index is 0.182. The zero-order valence-corrected chi connectivity index (χ0v) is 30.2. The van der Waals surface area contributed by atoms with Crippen LogP contribution in [0.4, 0.5) is 0 Å². The van der Waals surface area contributed by atoms with E-state index in [9.17, 15) is 24.0 Å². The molecule has 1 aliphatic heterocycles. The van der Waals surface area contributed by atoms with Crippen LogP contribution in [0.15, 0.2) is 115 Å². The number of amides is 2. The molecule has 2 rings (SSSR count). The molecule has 1 heterocycles. The van der Waals surface area contributed by atoms with Crippen LogP contribution in [0.1, 0.15) is 77.7 Å². The molecule has 2 N–H and O–H groups in total. The number of carbonyl (C=O) groups excluding carboxylic acids is 5. The van der Waals surface area contributed by atoms with Gasteiger partial charge in [-0.1, -0.05) is 110 Å². The van der Waals surface area contributed by atoms with Gasteiger partial charge in [-0.3, -0.25) is 19.2 Å². The number of esters is 2. The second-order valence-electron chi connectivity index (χ2n) is 11.8. The molecule has 0 saturated heterocycles. The SMILES string of the molecule is CCC=CCC=CCC=CCC=CCC=CCC=CCCC(=O)NCC(=O)OC(C)C(NC(=O)C1=CC(=O)C(C)(c2ccccc2)O1)C(=O)OC. The number of ether oxygens (including phenoxy) is 3. The van der Waals surface area contributed by atoms with E-state index in [0.717, 1.165) is 51.7 Å². The number of methoxy groups -OCH3 is 1. The molecule has 0 aromatic heterocycles. The Kier molecular flexibility index (Phi) is 19.7. The van der Waals surface area contributed by atoms with Gasteiger partial charge in [0.1, 0.15) is 12.6 Å². The quantitative estimate of drug-likeness (QED) is 0.102. The minimum Gasteiger partial charge on any atom is -0.469 e. The third-order valence-corrected chi connectivity index (χ3v) is 7.69. The first kappa shape index (κ1) is 41.9. The Bertz CT molecular complexity index is 1500. The van der Waals surface area contributed by atoms with Crippen LogP contribution >= 0.6 is 0 Å². The van der Waals surface area contributed by atoms with Crippen LogP contribution in [0.5, 0.6) is 0 Å². The van der Waals surface area contributed by atoms with Gasteiger partial charge in [-0.05, 0) is 58.8 Å². The standard InChI is InChI=1S/C41H52N2O8/c1-5-6-7-8-9-10-11-12-13-14-15-16-17-18-19-20-21-22-26-29-36(45)42-31-37(46)50-32(2)38(40(48)49-4)43-39(47)34-30-35(44)41(3,51-34)33-27-24-23-25-28-33/h6-7,9-10,12-13,15-16,18-19,21-25,27-28,30,32,38H,5,8,11,14,17,20,26,29,31H2,1-4H3,(H,42,45)(H,43,47). The predicted octanol–water partition coefficient (Wildman–Crippen LogP) is 6.57. The fourth-order valence-corrected chi connectivity index (χ4v) is 4.76. The van der Waals surface area contributed by atoms with Crippen LogP contribution in [0.3, 0.4) is 0 Å². The van der Waals surface area contributed by atoms with Crippen molar-refractivity contribution in [3.63, 3.8) is 0 Å². The summed E-state index contributed by atoms with van der Waals surface area (Å²) in [6.45, 7) is 4.65. The Labute approximate surface area is 302 Å². The Morgan fingerprint density at radius 1 is 0.824 bits per heavy atom. The zero-order valence-electron chi connectivity index (χ0n) is 30.2. The Hall–Kier alpha value is -5.25. The average Bonchev–Trinajstić information content (AvgIpc) is 3.45. The molecule has 1 aliphatic rings. The van der Waals surface area contributed by atoms with Gasteiger partial charge in [0.15, 0.2) is 17.4 Å². The van der Waals surface area contributed by atoms with Crippen molar-refractivity contribution >= 4 is 29.5 Å². The van der Waals surface area contributed by atoms with Crippen molar-refractivity contribution in [2.75, 3.05) is 13.7 Å². The molecule has 10 heteroatoms. The van der Waals surface area contributed by atoms with Crippen LogP contribution in [0.2, 0.25) is 0 Å². The maximum Gasteiger partial charge on any atom is 0.332 e. The Morgan fingerprint density at radius 2 is 1.35 bits per heavy atom. The third-order valence-electron chi connectivity index (χ3n) is 7.69. The van der Waals surface area contributed by atoms with Crippen molar-refractivity contribution in [2.24, 2.45) is 0 Å². The molecule has 0 fully saturated rings. The van der Waals surface area contributed by atoms with Gasteiger partial charge >= 0.3 is 11.9 Å². The lowest BCUT2D eigenvalue weighted by Gasteiger charge is -2.26. The lowest BCUT2D eigenvalue weighted by Crippen LogP contribution is -2.50. The van der Waals surface area contributed by atoms with E-state index in [4.69, 9.17) is 14.2 Å².